The predicted octanol–water partition coefficient (Wildman–Crippen LogP) is 3.00. The van der Waals surface area contributed by atoms with Gasteiger partial charge in [0.2, 0.25) is 0 Å². The van der Waals surface area contributed by atoms with Crippen molar-refractivity contribution < 1.29 is 4.74 Å². The Morgan fingerprint density at radius 2 is 2.13 bits per heavy atom. The second-order valence-corrected chi connectivity index (χ2v) is 3.79. The van der Waals surface area contributed by atoms with E-state index in [-0.39, 0.29) is 17.0 Å². The molecule has 1 aliphatic heterocycles. The van der Waals surface area contributed by atoms with Crippen LogP contribution in [0.4, 0.5) is 5.69 Å². The number of halogens is 2. The molecule has 0 radical (unpaired) electrons. The van der Waals surface area contributed by atoms with Crippen LogP contribution in [-0.2, 0) is 11.3 Å². The fraction of sp³-hybridized carbons (Fsp3) is 0.300. The monoisotopic (exact) mass is 290 g/mol. The van der Waals surface area contributed by atoms with Crippen LogP contribution in [-0.4, -0.2) is 25.0 Å². The Hall–Kier alpha value is -0.740. The Morgan fingerprint density at radius 3 is 2.80 bits per heavy atom. The highest BCUT2D eigenvalue weighted by molar-refractivity contribution is 8.93. The summed E-state index contributed by atoms with van der Waals surface area (Å²) in [5.74, 6) is 0. The smallest absolute Gasteiger partial charge is 0.292 e. The zero-order valence-corrected chi connectivity index (χ0v) is 11.0. The maximum Gasteiger partial charge on any atom is 0.292 e. The van der Waals surface area contributed by atoms with Gasteiger partial charge in [-0.2, -0.15) is 4.99 Å². The van der Waals surface area contributed by atoms with E-state index in [2.05, 4.69) is 4.99 Å². The fourth-order valence-corrected chi connectivity index (χ4v) is 1.48. The first kappa shape index (κ1) is 12.3. The van der Waals surface area contributed by atoms with Crippen LogP contribution < -0.4 is 0 Å². The van der Waals surface area contributed by atoms with Crippen molar-refractivity contribution in [3.05, 3.63) is 28.8 Å². The zero-order chi connectivity index (χ0) is 10.1. The summed E-state index contributed by atoms with van der Waals surface area (Å²) >= 11 is 5.86. The van der Waals surface area contributed by atoms with Crippen molar-refractivity contribution >= 4 is 40.3 Å². The van der Waals surface area contributed by atoms with E-state index in [0.29, 0.717) is 12.6 Å². The summed E-state index contributed by atoms with van der Waals surface area (Å²) in [4.78, 5) is 6.19. The number of rotatable bonds is 0. The second-order valence-electron chi connectivity index (χ2n) is 3.35. The van der Waals surface area contributed by atoms with Gasteiger partial charge in [0.05, 0.1) is 5.69 Å². The van der Waals surface area contributed by atoms with Crippen LogP contribution in [0.2, 0.25) is 5.02 Å². The van der Waals surface area contributed by atoms with E-state index < -0.39 is 0 Å². The van der Waals surface area contributed by atoms with Gasteiger partial charge in [-0.3, -0.25) is 0 Å². The molecule has 0 fully saturated rings. The molecule has 2 rings (SSSR count). The van der Waals surface area contributed by atoms with Gasteiger partial charge in [0.25, 0.3) is 6.02 Å². The van der Waals surface area contributed by atoms with E-state index in [1.807, 2.05) is 37.2 Å². The quantitative estimate of drug-likeness (QED) is 0.734. The average molecular weight is 292 g/mol. The minimum Gasteiger partial charge on any atom is -0.460 e. The van der Waals surface area contributed by atoms with Crippen molar-refractivity contribution in [3.63, 3.8) is 0 Å². The van der Waals surface area contributed by atoms with Gasteiger partial charge in [-0.1, -0.05) is 11.6 Å². The summed E-state index contributed by atoms with van der Waals surface area (Å²) in [5.41, 5.74) is 1.97. The van der Waals surface area contributed by atoms with Crippen LogP contribution in [0, 0.1) is 0 Å². The Labute approximate surface area is 104 Å². The third-order valence-electron chi connectivity index (χ3n) is 2.00. The van der Waals surface area contributed by atoms with Gasteiger partial charge in [0.1, 0.15) is 6.61 Å². The molecule has 82 valence electrons. The van der Waals surface area contributed by atoms with E-state index in [1.54, 1.807) is 0 Å². The minimum atomic E-state index is 0. The van der Waals surface area contributed by atoms with Crippen molar-refractivity contribution in [3.8, 4) is 0 Å². The van der Waals surface area contributed by atoms with Crippen LogP contribution in [0.3, 0.4) is 0 Å². The summed E-state index contributed by atoms with van der Waals surface area (Å²) in [6, 6.07) is 6.26. The molecule has 0 aliphatic carbocycles. The lowest BCUT2D eigenvalue weighted by atomic mass is 10.2. The van der Waals surface area contributed by atoms with Crippen molar-refractivity contribution in [2.75, 3.05) is 14.1 Å². The van der Waals surface area contributed by atoms with E-state index >= 15 is 0 Å². The van der Waals surface area contributed by atoms with Crippen LogP contribution in [0.1, 0.15) is 5.56 Å². The van der Waals surface area contributed by atoms with Crippen LogP contribution in [0.15, 0.2) is 23.2 Å². The first-order chi connectivity index (χ1) is 6.66. The van der Waals surface area contributed by atoms with Crippen molar-refractivity contribution in [1.82, 2.24) is 4.90 Å². The molecule has 0 N–H and O–H groups in total. The average Bonchev–Trinajstić information content (AvgIpc) is 2.16. The van der Waals surface area contributed by atoms with E-state index in [1.165, 1.54) is 0 Å². The van der Waals surface area contributed by atoms with Crippen LogP contribution in [0.25, 0.3) is 0 Å². The van der Waals surface area contributed by atoms with E-state index in [9.17, 15) is 0 Å². The van der Waals surface area contributed by atoms with Gasteiger partial charge in [0, 0.05) is 24.7 Å². The van der Waals surface area contributed by atoms with Crippen molar-refractivity contribution in [2.24, 2.45) is 4.99 Å². The van der Waals surface area contributed by atoms with Crippen molar-refractivity contribution in [1.29, 1.82) is 0 Å². The standard InChI is InChI=1S/C10H11ClN2O.BrH/c1-13(2)10-12-9-4-3-8(11)5-7(9)6-14-10;/h3-5H,6H2,1-2H3;1H. The molecule has 1 aliphatic rings. The molecule has 0 amide bonds. The molecule has 5 heteroatoms. The molecule has 0 saturated carbocycles. The van der Waals surface area contributed by atoms with Crippen LogP contribution >= 0.6 is 28.6 Å². The first-order valence-electron chi connectivity index (χ1n) is 4.34. The number of nitrogens with zero attached hydrogens (tertiary/aromatic N) is 2. The third-order valence-corrected chi connectivity index (χ3v) is 2.23. The number of benzene rings is 1. The van der Waals surface area contributed by atoms with Gasteiger partial charge in [-0.05, 0) is 18.2 Å². The Balaban J connectivity index is 0.00000112. The molecule has 15 heavy (non-hydrogen) atoms. The van der Waals surface area contributed by atoms with E-state index in [4.69, 9.17) is 16.3 Å². The maximum atomic E-state index is 5.86. The Morgan fingerprint density at radius 1 is 1.40 bits per heavy atom. The van der Waals surface area contributed by atoms with Crippen molar-refractivity contribution in [2.45, 2.75) is 6.61 Å². The predicted molar refractivity (Wildman–Crippen MR) is 67.3 cm³/mol. The third kappa shape index (κ3) is 2.63. The second kappa shape index (κ2) is 4.86. The molecule has 1 aromatic carbocycles. The summed E-state index contributed by atoms with van der Waals surface area (Å²) in [6.07, 6.45) is 0. The number of ether oxygens (including phenoxy) is 1. The number of aliphatic imine (C=N–C) groups is 1. The molecule has 0 atom stereocenters. The molecule has 1 aromatic rings. The summed E-state index contributed by atoms with van der Waals surface area (Å²) in [5, 5.41) is 0.718. The largest absolute Gasteiger partial charge is 0.460 e. The van der Waals surface area contributed by atoms with Gasteiger partial charge in [0.15, 0.2) is 0 Å². The minimum absolute atomic E-state index is 0. The molecule has 0 unspecified atom stereocenters. The zero-order valence-electron chi connectivity index (χ0n) is 8.53. The number of hydrogen-bond acceptors (Lipinski definition) is 3. The number of fused-ring (bicyclic) bond motifs is 1. The molecule has 0 saturated heterocycles. The molecule has 0 bridgehead atoms. The maximum absolute atomic E-state index is 5.86. The lowest BCUT2D eigenvalue weighted by Crippen LogP contribution is -2.26. The number of hydrogen-bond donors (Lipinski definition) is 0. The molecule has 3 nitrogen and oxygen atoms in total. The highest BCUT2D eigenvalue weighted by Crippen LogP contribution is 2.27. The Bertz CT molecular complexity index is 393. The lowest BCUT2D eigenvalue weighted by molar-refractivity contribution is 0.241. The summed E-state index contributed by atoms with van der Waals surface area (Å²) < 4.78 is 5.44. The molecular weight excluding hydrogens is 279 g/mol. The lowest BCUT2D eigenvalue weighted by Gasteiger charge is -2.21. The molecular formula is C10H12BrClN2O. The van der Waals surface area contributed by atoms with E-state index in [0.717, 1.165) is 16.3 Å². The highest BCUT2D eigenvalue weighted by Gasteiger charge is 2.14. The van der Waals surface area contributed by atoms with Gasteiger partial charge in [-0.25, -0.2) is 0 Å². The topological polar surface area (TPSA) is 24.8 Å². The Kier molecular flexibility index (Phi) is 3.99. The molecule has 0 spiro atoms. The van der Waals surface area contributed by atoms with Gasteiger partial charge < -0.3 is 9.64 Å². The fourth-order valence-electron chi connectivity index (χ4n) is 1.29. The first-order valence-corrected chi connectivity index (χ1v) is 4.72. The van der Waals surface area contributed by atoms with Crippen LogP contribution in [0.5, 0.6) is 0 Å². The normalized spacial score (nSPS) is 13.1. The molecule has 1 heterocycles. The van der Waals surface area contributed by atoms with Gasteiger partial charge in [-0.15, -0.1) is 17.0 Å². The highest BCUT2D eigenvalue weighted by atomic mass is 79.9. The summed E-state index contributed by atoms with van der Waals surface area (Å²) in [7, 11) is 3.81. The molecule has 0 aromatic heterocycles. The summed E-state index contributed by atoms with van der Waals surface area (Å²) in [6.45, 7) is 0.535. The van der Waals surface area contributed by atoms with Gasteiger partial charge >= 0.3 is 0 Å². The SMILES string of the molecule is Br.CN(C)C1=Nc2ccc(Cl)cc2CO1. The number of amidine groups is 1.